The van der Waals surface area contributed by atoms with Gasteiger partial charge >= 0.3 is 0 Å². The molecule has 0 aliphatic rings. The third-order valence-electron chi connectivity index (χ3n) is 3.63. The van der Waals surface area contributed by atoms with Crippen LogP contribution in [0.25, 0.3) is 28.1 Å². The van der Waals surface area contributed by atoms with Crippen molar-refractivity contribution in [3.05, 3.63) is 70.5 Å². The molecule has 5 nitrogen and oxygen atoms in total. The van der Waals surface area contributed by atoms with Gasteiger partial charge < -0.3 is 4.98 Å². The highest BCUT2D eigenvalue weighted by Gasteiger charge is 2.16. The van der Waals surface area contributed by atoms with Crippen molar-refractivity contribution >= 4 is 16.8 Å². The Morgan fingerprint density at radius 1 is 1.05 bits per heavy atom. The Morgan fingerprint density at radius 3 is 2.55 bits per heavy atom. The van der Waals surface area contributed by atoms with E-state index in [0.29, 0.717) is 17.0 Å². The van der Waals surface area contributed by atoms with Gasteiger partial charge in [0.25, 0.3) is 5.56 Å². The number of fused-ring (bicyclic) bond motifs is 3. The van der Waals surface area contributed by atoms with Crippen molar-refractivity contribution in [3.63, 3.8) is 0 Å². The lowest BCUT2D eigenvalue weighted by atomic mass is 10.1. The molecule has 0 fully saturated rings. The van der Waals surface area contributed by atoms with Gasteiger partial charge in [0, 0.05) is 5.56 Å². The number of nitrogens with one attached hydrogen (secondary N) is 1. The second-order valence-corrected chi connectivity index (χ2v) is 4.92. The first-order valence-corrected chi connectivity index (χ1v) is 6.78. The summed E-state index contributed by atoms with van der Waals surface area (Å²) >= 11 is 0. The molecule has 0 bridgehead atoms. The van der Waals surface area contributed by atoms with Crippen molar-refractivity contribution in [2.24, 2.45) is 0 Å². The highest BCUT2D eigenvalue weighted by Crippen LogP contribution is 2.21. The van der Waals surface area contributed by atoms with E-state index in [9.17, 15) is 10.1 Å². The van der Waals surface area contributed by atoms with Gasteiger partial charge in [-0.1, -0.05) is 42.5 Å². The molecule has 0 atom stereocenters. The second-order valence-electron chi connectivity index (χ2n) is 4.92. The number of nitriles is 1. The molecular formula is C17H10N4O. The summed E-state index contributed by atoms with van der Waals surface area (Å²) < 4.78 is 1.44. The van der Waals surface area contributed by atoms with Gasteiger partial charge in [-0.15, -0.1) is 0 Å². The molecule has 0 unspecified atom stereocenters. The largest absolute Gasteiger partial charge is 0.323 e. The molecule has 0 aliphatic carbocycles. The van der Waals surface area contributed by atoms with E-state index in [1.165, 1.54) is 4.40 Å². The van der Waals surface area contributed by atoms with Crippen molar-refractivity contribution in [1.29, 1.82) is 5.26 Å². The zero-order chi connectivity index (χ0) is 15.1. The summed E-state index contributed by atoms with van der Waals surface area (Å²) in [5.74, 6) is 0.434. The summed E-state index contributed by atoms with van der Waals surface area (Å²) in [6.07, 6.45) is 0. The third-order valence-corrected chi connectivity index (χ3v) is 3.63. The predicted octanol–water partition coefficient (Wildman–Crippen LogP) is 2.71. The molecule has 22 heavy (non-hydrogen) atoms. The molecule has 4 rings (SSSR count). The maximum atomic E-state index is 12.7. The highest BCUT2D eigenvalue weighted by atomic mass is 16.1. The van der Waals surface area contributed by atoms with Crippen LogP contribution in [0.15, 0.2) is 59.4 Å². The van der Waals surface area contributed by atoms with Gasteiger partial charge in [-0.2, -0.15) is 5.26 Å². The lowest BCUT2D eigenvalue weighted by Gasteiger charge is -2.03. The molecule has 5 heteroatoms. The van der Waals surface area contributed by atoms with Crippen molar-refractivity contribution in [3.8, 4) is 17.3 Å². The summed E-state index contributed by atoms with van der Waals surface area (Å²) in [6, 6.07) is 18.7. The maximum absolute atomic E-state index is 12.7. The normalized spacial score (nSPS) is 10.9. The fourth-order valence-electron chi connectivity index (χ4n) is 2.63. The van der Waals surface area contributed by atoms with E-state index in [-0.39, 0.29) is 11.1 Å². The highest BCUT2D eigenvalue weighted by molar-refractivity contribution is 5.80. The van der Waals surface area contributed by atoms with Gasteiger partial charge in [0.05, 0.1) is 16.7 Å². The summed E-state index contributed by atoms with van der Waals surface area (Å²) in [5.41, 5.74) is 2.36. The first-order valence-electron chi connectivity index (χ1n) is 6.78. The number of H-pyrrole nitrogens is 1. The summed E-state index contributed by atoms with van der Waals surface area (Å²) in [5, 5.41) is 9.42. The lowest BCUT2D eigenvalue weighted by molar-refractivity contribution is 1.07. The van der Waals surface area contributed by atoms with Crippen molar-refractivity contribution in [2.45, 2.75) is 0 Å². The van der Waals surface area contributed by atoms with Gasteiger partial charge in [0.2, 0.25) is 5.78 Å². The van der Waals surface area contributed by atoms with Gasteiger partial charge in [0.1, 0.15) is 11.6 Å². The van der Waals surface area contributed by atoms with Crippen LogP contribution < -0.4 is 5.56 Å². The smallest absolute Gasteiger partial charge is 0.278 e. The van der Waals surface area contributed by atoms with Crippen molar-refractivity contribution in [1.82, 2.24) is 14.4 Å². The van der Waals surface area contributed by atoms with Gasteiger partial charge in [-0.05, 0) is 12.1 Å². The molecule has 0 aliphatic heterocycles. The van der Waals surface area contributed by atoms with E-state index < -0.39 is 0 Å². The topological polar surface area (TPSA) is 73.9 Å². The van der Waals surface area contributed by atoms with Crippen LogP contribution in [0.4, 0.5) is 0 Å². The monoisotopic (exact) mass is 286 g/mol. The number of hydrogen-bond acceptors (Lipinski definition) is 3. The molecule has 0 saturated heterocycles. The zero-order valence-corrected chi connectivity index (χ0v) is 11.4. The van der Waals surface area contributed by atoms with Crippen LogP contribution in [0.5, 0.6) is 0 Å². The summed E-state index contributed by atoms with van der Waals surface area (Å²) in [4.78, 5) is 20.3. The van der Waals surface area contributed by atoms with Crippen LogP contribution >= 0.6 is 0 Å². The number of hydrogen-bond donors (Lipinski definition) is 1. The molecule has 104 valence electrons. The maximum Gasteiger partial charge on any atom is 0.278 e. The zero-order valence-electron chi connectivity index (χ0n) is 11.4. The van der Waals surface area contributed by atoms with E-state index in [2.05, 4.69) is 9.97 Å². The average molecular weight is 286 g/mol. The molecule has 0 radical (unpaired) electrons. The summed E-state index contributed by atoms with van der Waals surface area (Å²) in [6.45, 7) is 0. The predicted molar refractivity (Wildman–Crippen MR) is 83.5 cm³/mol. The minimum absolute atomic E-state index is 0.0495. The van der Waals surface area contributed by atoms with E-state index in [0.717, 1.165) is 11.1 Å². The molecular weight excluding hydrogens is 276 g/mol. The molecule has 0 spiro atoms. The fraction of sp³-hybridized carbons (Fsp3) is 0. The van der Waals surface area contributed by atoms with Crippen molar-refractivity contribution < 1.29 is 0 Å². The number of para-hydroxylation sites is 2. The SMILES string of the molecule is N#Cc1c(-c2ccccc2)nc2[nH]c3ccccc3n2c1=O. The average Bonchev–Trinajstić information content (AvgIpc) is 2.94. The lowest BCUT2D eigenvalue weighted by Crippen LogP contribution is -2.18. The number of nitrogens with zero attached hydrogens (tertiary/aromatic N) is 3. The number of imidazole rings is 1. The van der Waals surface area contributed by atoms with Crippen LogP contribution in [0.1, 0.15) is 5.56 Å². The Labute approximate surface area is 125 Å². The quantitative estimate of drug-likeness (QED) is 0.584. The number of aromatic nitrogens is 3. The Morgan fingerprint density at radius 2 is 1.77 bits per heavy atom. The van der Waals surface area contributed by atoms with Gasteiger partial charge in [-0.3, -0.25) is 4.79 Å². The van der Waals surface area contributed by atoms with Crippen LogP contribution in [-0.4, -0.2) is 14.4 Å². The number of benzene rings is 2. The standard InChI is InChI=1S/C17H10N4O/c18-10-12-15(11-6-2-1-3-7-11)20-17-19-13-8-4-5-9-14(13)21(17)16(12)22/h1-9H,(H,19,20). The Kier molecular flexibility index (Phi) is 2.57. The van der Waals surface area contributed by atoms with Gasteiger partial charge in [-0.25, -0.2) is 9.38 Å². The van der Waals surface area contributed by atoms with Crippen LogP contribution in [0, 0.1) is 11.3 Å². The minimum Gasteiger partial charge on any atom is -0.323 e. The van der Waals surface area contributed by atoms with Crippen LogP contribution in [0.2, 0.25) is 0 Å². The first kappa shape index (κ1) is 12.4. The van der Waals surface area contributed by atoms with Crippen LogP contribution in [0.3, 0.4) is 0 Å². The van der Waals surface area contributed by atoms with E-state index in [1.54, 1.807) is 0 Å². The minimum atomic E-state index is -0.358. The molecule has 4 aromatic rings. The molecule has 2 aromatic carbocycles. The molecule has 1 N–H and O–H groups in total. The van der Waals surface area contributed by atoms with E-state index in [4.69, 9.17) is 0 Å². The van der Waals surface area contributed by atoms with Gasteiger partial charge in [0.15, 0.2) is 0 Å². The Hall–Kier alpha value is -3.39. The molecule has 2 aromatic heterocycles. The number of aromatic amines is 1. The Balaban J connectivity index is 2.19. The van der Waals surface area contributed by atoms with E-state index >= 15 is 0 Å². The van der Waals surface area contributed by atoms with Crippen molar-refractivity contribution in [2.75, 3.05) is 0 Å². The Bertz CT molecular complexity index is 1100. The van der Waals surface area contributed by atoms with Crippen LogP contribution in [-0.2, 0) is 0 Å². The fourth-order valence-corrected chi connectivity index (χ4v) is 2.63. The first-order chi connectivity index (χ1) is 10.8. The molecule has 0 saturated carbocycles. The molecule has 2 heterocycles. The molecule has 0 amide bonds. The second kappa shape index (κ2) is 4.57. The summed E-state index contributed by atoms with van der Waals surface area (Å²) in [7, 11) is 0. The van der Waals surface area contributed by atoms with E-state index in [1.807, 2.05) is 60.7 Å². The number of rotatable bonds is 1. The third kappa shape index (κ3) is 1.64.